The first-order chi connectivity index (χ1) is 14.8. The molecule has 2 N–H and O–H groups in total. The van der Waals surface area contributed by atoms with Crippen LogP contribution in [-0.4, -0.2) is 17.2 Å². The van der Waals surface area contributed by atoms with E-state index in [4.69, 9.17) is 21.6 Å². The summed E-state index contributed by atoms with van der Waals surface area (Å²) in [5, 5.41) is 11.9. The highest BCUT2D eigenvalue weighted by Crippen LogP contribution is 2.29. The van der Waals surface area contributed by atoms with E-state index in [1.807, 2.05) is 38.1 Å². The molecule has 0 aliphatic heterocycles. The number of hydrogen-bond donors (Lipinski definition) is 2. The molecule has 0 bridgehead atoms. The van der Waals surface area contributed by atoms with Crippen LogP contribution in [0.4, 0.5) is 11.4 Å². The lowest BCUT2D eigenvalue weighted by Crippen LogP contribution is -2.14. The highest BCUT2D eigenvalue weighted by atomic mass is 35.5. The van der Waals surface area contributed by atoms with E-state index in [1.54, 1.807) is 24.3 Å². The van der Waals surface area contributed by atoms with Crippen LogP contribution in [0.5, 0.6) is 5.75 Å². The molecule has 1 amide bonds. The molecule has 8 heteroatoms. The van der Waals surface area contributed by atoms with Crippen molar-refractivity contribution < 1.29 is 13.7 Å². The largest absolute Gasteiger partial charge is 0.495 e. The van der Waals surface area contributed by atoms with Crippen molar-refractivity contribution in [2.45, 2.75) is 18.7 Å². The number of anilines is 2. The molecule has 1 unspecified atom stereocenters. The Morgan fingerprint density at radius 2 is 1.77 bits per heavy atom. The van der Waals surface area contributed by atoms with Gasteiger partial charge in [0.15, 0.2) is 11.0 Å². The predicted octanol–water partition coefficient (Wildman–Crippen LogP) is 5.22. The maximum absolute atomic E-state index is 13.1. The van der Waals surface area contributed by atoms with Gasteiger partial charge in [-0.15, -0.1) is 0 Å². The second-order valence-corrected chi connectivity index (χ2v) is 8.30. The second kappa shape index (κ2) is 9.65. The highest BCUT2D eigenvalue weighted by Gasteiger charge is 2.17. The van der Waals surface area contributed by atoms with Crippen LogP contribution in [-0.2, 0) is 11.0 Å². The Balaban J connectivity index is 1.90. The van der Waals surface area contributed by atoms with Gasteiger partial charge in [0.1, 0.15) is 16.7 Å². The van der Waals surface area contributed by atoms with Gasteiger partial charge in [-0.1, -0.05) is 35.9 Å². The average Bonchev–Trinajstić information content (AvgIpc) is 2.76. The summed E-state index contributed by atoms with van der Waals surface area (Å²) >= 11 is 6.16. The number of ether oxygens (including phenoxy) is 1. The quantitative estimate of drug-likeness (QED) is 0.535. The number of nitriles is 1. The van der Waals surface area contributed by atoms with E-state index in [0.29, 0.717) is 16.3 Å². The molecular formula is C23H20ClN3O3S. The molecule has 0 saturated carbocycles. The fraction of sp³-hybridized carbons (Fsp3) is 0.130. The number of carbonyl (C=O) groups is 1. The monoisotopic (exact) mass is 453 g/mol. The SMILES string of the molecule is COc1ccc(NC(=O)c2cccc(C#N)c2Cl)cc1S(=O)Nc1c(C)cccc1C. The lowest BCUT2D eigenvalue weighted by Gasteiger charge is -2.15. The minimum atomic E-state index is -1.64. The van der Waals surface area contributed by atoms with E-state index in [1.165, 1.54) is 19.2 Å². The average molecular weight is 454 g/mol. The minimum Gasteiger partial charge on any atom is -0.495 e. The molecule has 0 heterocycles. The molecule has 0 aliphatic rings. The van der Waals surface area contributed by atoms with Crippen LogP contribution in [0.25, 0.3) is 0 Å². The molecule has 6 nitrogen and oxygen atoms in total. The summed E-state index contributed by atoms with van der Waals surface area (Å²) in [4.78, 5) is 13.1. The molecular weight excluding hydrogens is 434 g/mol. The van der Waals surface area contributed by atoms with Crippen molar-refractivity contribution in [3.8, 4) is 11.8 Å². The fourth-order valence-electron chi connectivity index (χ4n) is 3.01. The van der Waals surface area contributed by atoms with Gasteiger partial charge >= 0.3 is 0 Å². The minimum absolute atomic E-state index is 0.0801. The topological polar surface area (TPSA) is 91.2 Å². The number of amides is 1. The normalized spacial score (nSPS) is 11.3. The summed E-state index contributed by atoms with van der Waals surface area (Å²) in [6.07, 6.45) is 0. The summed E-state index contributed by atoms with van der Waals surface area (Å²) in [5.74, 6) is -0.0636. The van der Waals surface area contributed by atoms with Crippen LogP contribution in [0.3, 0.4) is 0 Å². The number of hydrogen-bond acceptors (Lipinski definition) is 4. The van der Waals surface area contributed by atoms with E-state index >= 15 is 0 Å². The van der Waals surface area contributed by atoms with E-state index in [0.717, 1.165) is 16.8 Å². The fourth-order valence-corrected chi connectivity index (χ4v) is 4.45. The van der Waals surface area contributed by atoms with Gasteiger partial charge in [0, 0.05) is 5.69 Å². The summed E-state index contributed by atoms with van der Waals surface area (Å²) in [7, 11) is -0.154. The van der Waals surface area contributed by atoms with Crippen molar-refractivity contribution in [3.63, 3.8) is 0 Å². The van der Waals surface area contributed by atoms with Crippen LogP contribution in [0.2, 0.25) is 5.02 Å². The third-order valence-electron chi connectivity index (χ3n) is 4.66. The molecule has 0 aromatic heterocycles. The zero-order valence-corrected chi connectivity index (χ0v) is 18.7. The Morgan fingerprint density at radius 3 is 2.42 bits per heavy atom. The molecule has 3 aromatic rings. The molecule has 0 fully saturated rings. The number of benzene rings is 3. The van der Waals surface area contributed by atoms with E-state index in [-0.39, 0.29) is 16.1 Å². The van der Waals surface area contributed by atoms with Crippen LogP contribution in [0, 0.1) is 25.2 Å². The number of nitrogens with one attached hydrogen (secondary N) is 2. The summed E-state index contributed by atoms with van der Waals surface area (Å²) in [6, 6.07) is 17.2. The van der Waals surface area contributed by atoms with Crippen LogP contribution < -0.4 is 14.8 Å². The number of carbonyl (C=O) groups excluding carboxylic acids is 1. The molecule has 0 spiro atoms. The van der Waals surface area contributed by atoms with Crippen LogP contribution >= 0.6 is 11.6 Å². The zero-order valence-electron chi connectivity index (χ0n) is 17.2. The first-order valence-electron chi connectivity index (χ1n) is 9.28. The van der Waals surface area contributed by atoms with E-state index < -0.39 is 16.9 Å². The Kier molecular flexibility index (Phi) is 6.95. The summed E-state index contributed by atoms with van der Waals surface area (Å²) in [5.41, 5.74) is 3.50. The van der Waals surface area contributed by atoms with Gasteiger partial charge in [0.05, 0.1) is 28.9 Å². The lowest BCUT2D eigenvalue weighted by molar-refractivity contribution is 0.102. The van der Waals surface area contributed by atoms with Crippen molar-refractivity contribution >= 4 is 39.9 Å². The summed E-state index contributed by atoms with van der Waals surface area (Å²) < 4.78 is 21.5. The van der Waals surface area contributed by atoms with Gasteiger partial charge in [0.2, 0.25) is 0 Å². The van der Waals surface area contributed by atoms with Gasteiger partial charge in [-0.05, 0) is 55.3 Å². The molecule has 0 saturated heterocycles. The number of methoxy groups -OCH3 is 1. The van der Waals surface area contributed by atoms with Gasteiger partial charge in [-0.3, -0.25) is 4.79 Å². The predicted molar refractivity (Wildman–Crippen MR) is 123 cm³/mol. The molecule has 0 aliphatic carbocycles. The molecule has 31 heavy (non-hydrogen) atoms. The second-order valence-electron chi connectivity index (χ2n) is 6.74. The number of halogens is 1. The lowest BCUT2D eigenvalue weighted by atomic mass is 10.1. The van der Waals surface area contributed by atoms with Crippen molar-refractivity contribution in [1.82, 2.24) is 0 Å². The van der Waals surface area contributed by atoms with Gasteiger partial charge in [-0.2, -0.15) is 5.26 Å². The standard InChI is InChI=1S/C23H20ClN3O3S/c1-14-6-4-7-15(2)22(14)27-31(29)20-12-17(10-11-19(20)30-3)26-23(28)18-9-5-8-16(13-25)21(18)24/h4-12,27H,1-3H3,(H,26,28). The van der Waals surface area contributed by atoms with Gasteiger partial charge < -0.3 is 14.8 Å². The number of para-hydroxylation sites is 1. The third kappa shape index (κ3) is 4.88. The van der Waals surface area contributed by atoms with Crippen molar-refractivity contribution in [2.24, 2.45) is 0 Å². The van der Waals surface area contributed by atoms with Gasteiger partial charge in [-0.25, -0.2) is 4.21 Å². The summed E-state index contributed by atoms with van der Waals surface area (Å²) in [6.45, 7) is 3.86. The van der Waals surface area contributed by atoms with Gasteiger partial charge in [0.25, 0.3) is 5.91 Å². The molecule has 0 radical (unpaired) electrons. The number of nitrogens with zero attached hydrogens (tertiary/aromatic N) is 1. The van der Waals surface area contributed by atoms with Crippen molar-refractivity contribution in [1.29, 1.82) is 5.26 Å². The Labute approximate surface area is 188 Å². The number of rotatable bonds is 6. The molecule has 3 rings (SSSR count). The Hall–Kier alpha value is -3.34. The molecule has 158 valence electrons. The van der Waals surface area contributed by atoms with Crippen molar-refractivity contribution in [2.75, 3.05) is 17.1 Å². The van der Waals surface area contributed by atoms with Crippen molar-refractivity contribution in [3.05, 3.63) is 81.9 Å². The Morgan fingerprint density at radius 1 is 1.10 bits per heavy atom. The first kappa shape index (κ1) is 22.3. The molecule has 3 aromatic carbocycles. The van der Waals surface area contributed by atoms with E-state index in [9.17, 15) is 9.00 Å². The Bertz CT molecular complexity index is 1200. The smallest absolute Gasteiger partial charge is 0.257 e. The maximum Gasteiger partial charge on any atom is 0.257 e. The zero-order chi connectivity index (χ0) is 22.5. The third-order valence-corrected chi connectivity index (χ3v) is 6.18. The maximum atomic E-state index is 13.1. The first-order valence-corrected chi connectivity index (χ1v) is 10.8. The number of aryl methyl sites for hydroxylation is 2. The highest BCUT2D eigenvalue weighted by molar-refractivity contribution is 7.86. The van der Waals surface area contributed by atoms with Crippen LogP contribution in [0.15, 0.2) is 59.5 Å². The molecule has 1 atom stereocenters. The van der Waals surface area contributed by atoms with E-state index in [2.05, 4.69) is 10.0 Å². The van der Waals surface area contributed by atoms with Crippen LogP contribution in [0.1, 0.15) is 27.0 Å².